The third kappa shape index (κ3) is 4.66. The SMILES string of the molecule is FC(F)(F)Oc1ccc(C#CCOc2nsnc2OC2CN3CCC2C3)cc1. The Morgan fingerprint density at radius 1 is 1.14 bits per heavy atom. The molecule has 0 saturated carbocycles. The van der Waals surface area contributed by atoms with Crippen LogP contribution >= 0.6 is 11.7 Å². The normalized spacial score (nSPS) is 23.2. The topological polar surface area (TPSA) is 56.7 Å². The van der Waals surface area contributed by atoms with Crippen molar-refractivity contribution >= 4 is 11.7 Å². The molecular weight excluding hydrogens is 395 g/mol. The van der Waals surface area contributed by atoms with Crippen LogP contribution in [0.1, 0.15) is 12.0 Å². The largest absolute Gasteiger partial charge is 0.573 e. The summed E-state index contributed by atoms with van der Waals surface area (Å²) < 4.78 is 60.0. The molecule has 0 radical (unpaired) electrons. The molecule has 28 heavy (non-hydrogen) atoms. The van der Waals surface area contributed by atoms with Gasteiger partial charge in [-0.2, -0.15) is 0 Å². The molecule has 3 unspecified atom stereocenters. The van der Waals surface area contributed by atoms with Gasteiger partial charge in [-0.1, -0.05) is 11.8 Å². The summed E-state index contributed by atoms with van der Waals surface area (Å²) in [6.45, 7) is 3.15. The number of fused-ring (bicyclic) bond motifs is 2. The van der Waals surface area contributed by atoms with Gasteiger partial charge in [0.25, 0.3) is 11.8 Å². The summed E-state index contributed by atoms with van der Waals surface area (Å²) in [5.74, 6) is 6.54. The van der Waals surface area contributed by atoms with E-state index in [0.29, 0.717) is 23.2 Å². The summed E-state index contributed by atoms with van der Waals surface area (Å²) >= 11 is 1.01. The van der Waals surface area contributed by atoms with Gasteiger partial charge >= 0.3 is 6.36 Å². The Labute approximate surface area is 163 Å². The third-order valence-electron chi connectivity index (χ3n) is 4.57. The van der Waals surface area contributed by atoms with E-state index < -0.39 is 6.36 Å². The van der Waals surface area contributed by atoms with Crippen LogP contribution in [0.3, 0.4) is 0 Å². The number of ether oxygens (including phenoxy) is 3. The van der Waals surface area contributed by atoms with E-state index in [1.807, 2.05) is 0 Å². The molecule has 2 aliphatic rings. The average Bonchev–Trinajstić information content (AvgIpc) is 3.36. The molecule has 0 amide bonds. The van der Waals surface area contributed by atoms with E-state index in [0.717, 1.165) is 37.8 Å². The van der Waals surface area contributed by atoms with Crippen LogP contribution in [0.4, 0.5) is 13.2 Å². The lowest BCUT2D eigenvalue weighted by Gasteiger charge is -2.22. The highest BCUT2D eigenvalue weighted by Gasteiger charge is 2.40. The molecule has 4 rings (SSSR count). The van der Waals surface area contributed by atoms with Crippen molar-refractivity contribution in [1.29, 1.82) is 0 Å². The van der Waals surface area contributed by atoms with Crippen LogP contribution in [0.2, 0.25) is 0 Å². The number of nitrogens with zero attached hydrogens (tertiary/aromatic N) is 3. The Bertz CT molecular complexity index is 876. The lowest BCUT2D eigenvalue weighted by Crippen LogP contribution is -2.32. The van der Waals surface area contributed by atoms with Crippen LogP contribution in [-0.4, -0.2) is 52.4 Å². The van der Waals surface area contributed by atoms with Gasteiger partial charge in [-0.15, -0.1) is 21.9 Å². The molecule has 148 valence electrons. The first-order valence-electron chi connectivity index (χ1n) is 8.65. The van der Waals surface area contributed by atoms with Crippen LogP contribution in [0.25, 0.3) is 0 Å². The van der Waals surface area contributed by atoms with Crippen LogP contribution in [-0.2, 0) is 0 Å². The second kappa shape index (κ2) is 7.85. The van der Waals surface area contributed by atoms with E-state index in [1.165, 1.54) is 24.3 Å². The molecule has 3 atom stereocenters. The molecule has 1 aromatic carbocycles. The summed E-state index contributed by atoms with van der Waals surface area (Å²) in [6.07, 6.45) is -3.46. The van der Waals surface area contributed by atoms with Gasteiger partial charge in [0.05, 0.1) is 11.7 Å². The molecule has 10 heteroatoms. The maximum atomic E-state index is 12.1. The monoisotopic (exact) mass is 411 g/mol. The number of hydrogen-bond acceptors (Lipinski definition) is 7. The molecule has 0 spiro atoms. The molecule has 2 fully saturated rings. The third-order valence-corrected chi connectivity index (χ3v) is 5.06. The lowest BCUT2D eigenvalue weighted by atomic mass is 10.0. The van der Waals surface area contributed by atoms with Gasteiger partial charge in [-0.05, 0) is 37.2 Å². The molecule has 0 N–H and O–H groups in total. The lowest BCUT2D eigenvalue weighted by molar-refractivity contribution is -0.274. The van der Waals surface area contributed by atoms with E-state index in [4.69, 9.17) is 9.47 Å². The number of alkyl halides is 3. The quantitative estimate of drug-likeness (QED) is 0.706. The first-order valence-corrected chi connectivity index (χ1v) is 9.38. The van der Waals surface area contributed by atoms with Crippen molar-refractivity contribution in [2.24, 2.45) is 5.92 Å². The summed E-state index contributed by atoms with van der Waals surface area (Å²) in [5, 5.41) is 0. The van der Waals surface area contributed by atoms with Crippen molar-refractivity contribution < 1.29 is 27.4 Å². The molecule has 6 nitrogen and oxygen atoms in total. The average molecular weight is 411 g/mol. The standard InChI is InChI=1S/C18H16F3N3O3S/c19-18(20,21)27-14-5-3-12(4-6-14)2-1-9-25-16-17(23-28-22-16)26-15-11-24-8-7-13(15)10-24/h3-6,13,15H,7-11H2. The maximum Gasteiger partial charge on any atom is 0.573 e. The number of piperidine rings is 1. The second-order valence-electron chi connectivity index (χ2n) is 6.50. The molecule has 0 aliphatic carbocycles. The highest BCUT2D eigenvalue weighted by Crippen LogP contribution is 2.33. The molecule has 2 aliphatic heterocycles. The number of halogens is 3. The zero-order chi connectivity index (χ0) is 19.6. The van der Waals surface area contributed by atoms with Crippen LogP contribution in [0.5, 0.6) is 17.5 Å². The summed E-state index contributed by atoms with van der Waals surface area (Å²) in [6, 6.07) is 5.30. The molecule has 3 heterocycles. The van der Waals surface area contributed by atoms with Gasteiger partial charge < -0.3 is 14.2 Å². The smallest absolute Gasteiger partial charge is 0.468 e. The zero-order valence-corrected chi connectivity index (χ0v) is 15.4. The predicted octanol–water partition coefficient (Wildman–Crippen LogP) is 2.95. The fourth-order valence-electron chi connectivity index (χ4n) is 3.33. The second-order valence-corrected chi connectivity index (χ2v) is 7.03. The van der Waals surface area contributed by atoms with E-state index in [9.17, 15) is 13.2 Å². The van der Waals surface area contributed by atoms with Gasteiger partial charge in [0, 0.05) is 24.6 Å². The van der Waals surface area contributed by atoms with Crippen molar-refractivity contribution in [3.8, 4) is 29.4 Å². The Morgan fingerprint density at radius 2 is 1.93 bits per heavy atom. The van der Waals surface area contributed by atoms with Crippen molar-refractivity contribution in [2.75, 3.05) is 26.2 Å². The van der Waals surface area contributed by atoms with Gasteiger partial charge in [0.1, 0.15) is 11.9 Å². The number of rotatable bonds is 5. The molecule has 1 aromatic heterocycles. The van der Waals surface area contributed by atoms with Crippen LogP contribution in [0, 0.1) is 17.8 Å². The molecule has 2 aromatic rings. The number of aromatic nitrogens is 2. The summed E-state index contributed by atoms with van der Waals surface area (Å²) in [7, 11) is 0. The van der Waals surface area contributed by atoms with Gasteiger partial charge in [0.2, 0.25) is 0 Å². The van der Waals surface area contributed by atoms with Gasteiger partial charge in [0.15, 0.2) is 6.61 Å². The predicted molar refractivity (Wildman–Crippen MR) is 94.4 cm³/mol. The molecular formula is C18H16F3N3O3S. The first-order chi connectivity index (χ1) is 13.5. The molecule has 2 bridgehead atoms. The Kier molecular flexibility index (Phi) is 5.28. The summed E-state index contributed by atoms with van der Waals surface area (Å²) in [4.78, 5) is 2.37. The van der Waals surface area contributed by atoms with E-state index >= 15 is 0 Å². The van der Waals surface area contributed by atoms with Crippen molar-refractivity contribution in [2.45, 2.75) is 18.9 Å². The number of benzene rings is 1. The van der Waals surface area contributed by atoms with Gasteiger partial charge in [-0.3, -0.25) is 4.90 Å². The van der Waals surface area contributed by atoms with E-state index in [1.54, 1.807) is 0 Å². The Morgan fingerprint density at radius 3 is 2.61 bits per heavy atom. The fraction of sp³-hybridized carbons (Fsp3) is 0.444. The van der Waals surface area contributed by atoms with E-state index in [-0.39, 0.29) is 18.5 Å². The first kappa shape index (κ1) is 18.8. The van der Waals surface area contributed by atoms with Crippen LogP contribution in [0.15, 0.2) is 24.3 Å². The fourth-order valence-corrected chi connectivity index (χ4v) is 3.77. The van der Waals surface area contributed by atoms with Crippen LogP contribution < -0.4 is 14.2 Å². The van der Waals surface area contributed by atoms with Crippen molar-refractivity contribution in [1.82, 2.24) is 13.6 Å². The molecule has 2 saturated heterocycles. The summed E-state index contributed by atoms with van der Waals surface area (Å²) in [5.41, 5.74) is 0.544. The van der Waals surface area contributed by atoms with E-state index in [2.05, 4.69) is 30.2 Å². The highest BCUT2D eigenvalue weighted by atomic mass is 32.1. The Hall–Kier alpha value is -2.51. The maximum absolute atomic E-state index is 12.1. The minimum Gasteiger partial charge on any atom is -0.468 e. The highest BCUT2D eigenvalue weighted by molar-refractivity contribution is 6.99. The van der Waals surface area contributed by atoms with Gasteiger partial charge in [-0.25, -0.2) is 0 Å². The Balaban J connectivity index is 1.29. The number of hydrogen-bond donors (Lipinski definition) is 0. The van der Waals surface area contributed by atoms with Crippen molar-refractivity contribution in [3.05, 3.63) is 29.8 Å². The van der Waals surface area contributed by atoms with Crippen molar-refractivity contribution in [3.63, 3.8) is 0 Å². The zero-order valence-electron chi connectivity index (χ0n) is 14.6. The minimum atomic E-state index is -4.71. The minimum absolute atomic E-state index is 0.0583.